The number of carbonyl (C=O) groups is 5. The summed E-state index contributed by atoms with van der Waals surface area (Å²) >= 11 is 0. The highest BCUT2D eigenvalue weighted by atomic mass is 16.8. The first-order valence-corrected chi connectivity index (χ1v) is 15.1. The van der Waals surface area contributed by atoms with Crippen LogP contribution in [0, 0.1) is 0 Å². The fourth-order valence-corrected chi connectivity index (χ4v) is 5.37. The normalized spacial score (nSPS) is 15.3. The number of fused-ring (bicyclic) bond motifs is 3. The molecule has 3 amide bonds. The molecular weight excluding hydrogens is 584 g/mol. The maximum atomic E-state index is 13.4. The SMILES string of the molecule is COCOCCNC(=O)CCc1ccc2c(c1)C(COC(=O)ON1C(=O)CCC1=O)c1cccc(C(=O)CCCOC(C)C)c1-2. The van der Waals surface area contributed by atoms with Crippen LogP contribution in [0.2, 0.25) is 0 Å². The van der Waals surface area contributed by atoms with Gasteiger partial charge in [-0.25, -0.2) is 4.79 Å². The van der Waals surface area contributed by atoms with E-state index in [9.17, 15) is 24.0 Å². The van der Waals surface area contributed by atoms with E-state index in [1.165, 1.54) is 7.11 Å². The van der Waals surface area contributed by atoms with Gasteiger partial charge in [0, 0.05) is 57.4 Å². The fourth-order valence-electron chi connectivity index (χ4n) is 5.37. The van der Waals surface area contributed by atoms with Crippen LogP contribution in [0.15, 0.2) is 36.4 Å². The molecule has 2 aromatic carbocycles. The van der Waals surface area contributed by atoms with Crippen LogP contribution in [0.1, 0.15) is 78.9 Å². The van der Waals surface area contributed by atoms with E-state index in [2.05, 4.69) is 5.32 Å². The predicted molar refractivity (Wildman–Crippen MR) is 161 cm³/mol. The van der Waals surface area contributed by atoms with Crippen LogP contribution >= 0.6 is 0 Å². The Balaban J connectivity index is 1.51. The summed E-state index contributed by atoms with van der Waals surface area (Å²) in [5.41, 5.74) is 4.71. The van der Waals surface area contributed by atoms with Crippen LogP contribution in [0.3, 0.4) is 0 Å². The molecule has 12 nitrogen and oxygen atoms in total. The molecule has 1 heterocycles. The number of nitrogens with one attached hydrogen (secondary N) is 1. The fraction of sp³-hybridized carbons (Fsp3) is 0.485. The van der Waals surface area contributed by atoms with Crippen LogP contribution < -0.4 is 5.32 Å². The van der Waals surface area contributed by atoms with Gasteiger partial charge in [0.05, 0.1) is 12.7 Å². The van der Waals surface area contributed by atoms with Crippen molar-refractivity contribution >= 4 is 29.7 Å². The molecule has 1 saturated heterocycles. The molecule has 0 spiro atoms. The van der Waals surface area contributed by atoms with Crippen LogP contribution in [0.4, 0.5) is 4.79 Å². The third kappa shape index (κ3) is 8.96. The van der Waals surface area contributed by atoms with Gasteiger partial charge in [-0.2, -0.15) is 0 Å². The minimum Gasteiger partial charge on any atom is -0.432 e. The zero-order chi connectivity index (χ0) is 32.3. The first kappa shape index (κ1) is 33.8. The van der Waals surface area contributed by atoms with Crippen molar-refractivity contribution in [2.24, 2.45) is 0 Å². The van der Waals surface area contributed by atoms with Gasteiger partial charge in [0.15, 0.2) is 5.78 Å². The van der Waals surface area contributed by atoms with Gasteiger partial charge in [-0.15, -0.1) is 0 Å². The molecule has 45 heavy (non-hydrogen) atoms. The molecule has 2 aliphatic rings. The Labute approximate surface area is 262 Å². The van der Waals surface area contributed by atoms with Crippen molar-refractivity contribution in [2.45, 2.75) is 64.4 Å². The number of hydroxylamine groups is 2. The van der Waals surface area contributed by atoms with Crippen molar-refractivity contribution in [1.82, 2.24) is 10.4 Å². The average molecular weight is 625 g/mol. The summed E-state index contributed by atoms with van der Waals surface area (Å²) in [4.78, 5) is 66.9. The van der Waals surface area contributed by atoms with Gasteiger partial charge < -0.3 is 24.3 Å². The quantitative estimate of drug-likeness (QED) is 0.0898. The average Bonchev–Trinajstić information content (AvgIpc) is 3.51. The van der Waals surface area contributed by atoms with Gasteiger partial charge >= 0.3 is 6.16 Å². The number of carbonyl (C=O) groups excluding carboxylic acids is 5. The van der Waals surface area contributed by atoms with Gasteiger partial charge in [-0.1, -0.05) is 41.5 Å². The minimum absolute atomic E-state index is 0.0209. The van der Waals surface area contributed by atoms with E-state index in [1.807, 2.05) is 38.1 Å². The number of nitrogens with zero attached hydrogens (tertiary/aromatic N) is 1. The predicted octanol–water partition coefficient (Wildman–Crippen LogP) is 4.07. The first-order chi connectivity index (χ1) is 21.7. The molecule has 1 fully saturated rings. The zero-order valence-corrected chi connectivity index (χ0v) is 25.9. The van der Waals surface area contributed by atoms with E-state index in [-0.39, 0.29) is 50.5 Å². The van der Waals surface area contributed by atoms with Crippen LogP contribution in [0.25, 0.3) is 11.1 Å². The highest BCUT2D eigenvalue weighted by Crippen LogP contribution is 2.47. The second-order valence-electron chi connectivity index (χ2n) is 11.1. The number of ether oxygens (including phenoxy) is 4. The molecule has 0 bridgehead atoms. The Morgan fingerprint density at radius 3 is 2.51 bits per heavy atom. The summed E-state index contributed by atoms with van der Waals surface area (Å²) in [6.07, 6.45) is 0.461. The maximum Gasteiger partial charge on any atom is 0.533 e. The van der Waals surface area contributed by atoms with Gasteiger partial charge in [-0.05, 0) is 54.5 Å². The molecule has 0 saturated carbocycles. The molecule has 1 aliphatic carbocycles. The van der Waals surface area contributed by atoms with Crippen molar-refractivity contribution in [3.05, 3.63) is 58.7 Å². The lowest BCUT2D eigenvalue weighted by Gasteiger charge is -2.17. The largest absolute Gasteiger partial charge is 0.533 e. The zero-order valence-electron chi connectivity index (χ0n) is 25.9. The standard InChI is InChI=1S/C33H40N2O10/c1-21(2)43-16-5-8-28(36)25-7-4-6-23-27(19-44-33(40)45-35-30(38)13-14-31(35)39)26-18-22(9-11-24(26)32(23)25)10-12-29(37)34-15-17-42-20-41-3/h4,6-7,9,11,18,21,27H,5,8,10,12-17,19-20H2,1-3H3,(H,34,37). The number of hydrogen-bond donors (Lipinski definition) is 1. The Morgan fingerprint density at radius 1 is 1.00 bits per heavy atom. The van der Waals surface area contributed by atoms with Crippen LogP contribution in [-0.2, 0) is 44.6 Å². The summed E-state index contributed by atoms with van der Waals surface area (Å²) < 4.78 is 21.0. The van der Waals surface area contributed by atoms with Gasteiger partial charge in [0.2, 0.25) is 5.91 Å². The summed E-state index contributed by atoms with van der Waals surface area (Å²) in [6, 6.07) is 11.3. The summed E-state index contributed by atoms with van der Waals surface area (Å²) in [6.45, 7) is 5.08. The summed E-state index contributed by atoms with van der Waals surface area (Å²) in [5.74, 6) is -1.80. The Bertz CT molecular complexity index is 1390. The highest BCUT2D eigenvalue weighted by molar-refractivity contribution is 6.05. The van der Waals surface area contributed by atoms with E-state index < -0.39 is 23.9 Å². The van der Waals surface area contributed by atoms with Crippen molar-refractivity contribution in [3.63, 3.8) is 0 Å². The summed E-state index contributed by atoms with van der Waals surface area (Å²) in [7, 11) is 1.53. The third-order valence-electron chi connectivity index (χ3n) is 7.48. The number of ketones is 1. The van der Waals surface area contributed by atoms with Crippen molar-refractivity contribution < 1.29 is 47.8 Å². The van der Waals surface area contributed by atoms with Crippen molar-refractivity contribution in [3.8, 4) is 11.1 Å². The third-order valence-corrected chi connectivity index (χ3v) is 7.48. The molecule has 1 N–H and O–H groups in total. The number of benzene rings is 2. The Kier molecular flexibility index (Phi) is 12.2. The van der Waals surface area contributed by atoms with Gasteiger partial charge in [0.25, 0.3) is 11.8 Å². The lowest BCUT2D eigenvalue weighted by atomic mass is 9.93. The number of methoxy groups -OCH3 is 1. The molecule has 0 aromatic heterocycles. The lowest BCUT2D eigenvalue weighted by molar-refractivity contribution is -0.177. The topological polar surface area (TPSA) is 147 Å². The molecule has 12 heteroatoms. The number of imide groups is 1. The van der Waals surface area contributed by atoms with E-state index in [0.717, 1.165) is 27.8 Å². The number of aryl methyl sites for hydroxylation is 1. The van der Waals surface area contributed by atoms with E-state index in [1.54, 1.807) is 12.1 Å². The number of hydrogen-bond acceptors (Lipinski definition) is 10. The van der Waals surface area contributed by atoms with Crippen LogP contribution in [0.5, 0.6) is 0 Å². The lowest BCUT2D eigenvalue weighted by Crippen LogP contribution is -2.32. The second kappa shape index (κ2) is 16.3. The van der Waals surface area contributed by atoms with E-state index in [0.29, 0.717) is 49.6 Å². The van der Waals surface area contributed by atoms with E-state index >= 15 is 0 Å². The maximum absolute atomic E-state index is 13.4. The molecular formula is C33H40N2O10. The van der Waals surface area contributed by atoms with Crippen LogP contribution in [-0.4, -0.2) is 81.1 Å². The monoisotopic (exact) mass is 624 g/mol. The Hall–Kier alpha value is -4.13. The summed E-state index contributed by atoms with van der Waals surface area (Å²) in [5, 5.41) is 3.25. The molecule has 1 unspecified atom stereocenters. The van der Waals surface area contributed by atoms with E-state index in [4.69, 9.17) is 23.8 Å². The van der Waals surface area contributed by atoms with Gasteiger partial charge in [0.1, 0.15) is 13.4 Å². The molecule has 242 valence electrons. The molecule has 1 aliphatic heterocycles. The van der Waals surface area contributed by atoms with Crippen molar-refractivity contribution in [1.29, 1.82) is 0 Å². The number of Topliss-reactive ketones (excluding diaryl/α,β-unsaturated/α-hetero) is 1. The van der Waals surface area contributed by atoms with Gasteiger partial charge in [-0.3, -0.25) is 24.0 Å². The molecule has 2 aromatic rings. The first-order valence-electron chi connectivity index (χ1n) is 15.1. The molecule has 0 radical (unpaired) electrons. The molecule has 1 atom stereocenters. The van der Waals surface area contributed by atoms with Crippen molar-refractivity contribution in [2.75, 3.05) is 40.3 Å². The smallest absolute Gasteiger partial charge is 0.432 e. The number of amides is 3. The Morgan fingerprint density at radius 2 is 1.78 bits per heavy atom. The molecule has 4 rings (SSSR count). The minimum atomic E-state index is -1.17. The highest BCUT2D eigenvalue weighted by Gasteiger charge is 2.36. The number of rotatable bonds is 17. The second-order valence-corrected chi connectivity index (χ2v) is 11.1.